The molecule has 40 heavy (non-hydrogen) atoms. The summed E-state index contributed by atoms with van der Waals surface area (Å²) in [5, 5.41) is 6.57. The smallest absolute Gasteiger partial charge is 0.413 e. The molecule has 0 aliphatic carbocycles. The minimum atomic E-state index is -0.318. The molecule has 9 heteroatoms. The molecular weight excluding hydrogens is 504 g/mol. The topological polar surface area (TPSA) is 89.5 Å². The number of carbonyl (C=O) groups is 1. The number of benzene rings is 2. The Hall–Kier alpha value is -4.60. The molecule has 1 amide bonds. The van der Waals surface area contributed by atoms with Gasteiger partial charge in [-0.1, -0.05) is 53.1 Å². The largest absolute Gasteiger partial charge is 0.544 e. The number of carbonyl (C=O) groups excluding carboxylic acids is 1. The highest BCUT2D eigenvalue weighted by Gasteiger charge is 2.63. The number of quaternary nitrogens is 1. The lowest BCUT2D eigenvalue weighted by Crippen LogP contribution is -2.77. The molecule has 3 aromatic heterocycles. The maximum absolute atomic E-state index is 14.0. The Morgan fingerprint density at radius 1 is 1.02 bits per heavy atom. The number of hydrogen-bond acceptors (Lipinski definition) is 8. The number of nitrogens with one attached hydrogen (secondary N) is 1. The summed E-state index contributed by atoms with van der Waals surface area (Å²) in [4.78, 5) is 28.4. The van der Waals surface area contributed by atoms with Crippen LogP contribution >= 0.6 is 0 Å². The van der Waals surface area contributed by atoms with Crippen LogP contribution < -0.4 is 10.3 Å². The van der Waals surface area contributed by atoms with Crippen molar-refractivity contribution in [1.29, 1.82) is 0 Å². The van der Waals surface area contributed by atoms with Crippen LogP contribution in [0.1, 0.15) is 18.4 Å². The van der Waals surface area contributed by atoms with E-state index < -0.39 is 0 Å². The highest BCUT2D eigenvalue weighted by atomic mass is 16.6. The van der Waals surface area contributed by atoms with Crippen molar-refractivity contribution in [1.82, 2.24) is 15.0 Å². The lowest BCUT2D eigenvalue weighted by molar-refractivity contribution is -0.940. The number of pyridine rings is 3. The molecule has 3 saturated heterocycles. The van der Waals surface area contributed by atoms with Crippen LogP contribution in [0.4, 0.5) is 16.2 Å². The summed E-state index contributed by atoms with van der Waals surface area (Å²) in [7, 11) is 0. The van der Waals surface area contributed by atoms with Gasteiger partial charge < -0.3 is 14.8 Å². The molecule has 9 rings (SSSR count). The number of fused-ring (bicyclic) bond motifs is 6. The molecular formula is C31H27N6O3+. The number of amides is 1. The quantitative estimate of drug-likeness (QED) is 0.299. The highest BCUT2D eigenvalue weighted by molar-refractivity contribution is 5.98. The molecule has 2 bridgehead atoms. The van der Waals surface area contributed by atoms with Gasteiger partial charge in [0.05, 0.1) is 41.1 Å². The van der Waals surface area contributed by atoms with Gasteiger partial charge in [0, 0.05) is 23.6 Å². The van der Waals surface area contributed by atoms with Crippen LogP contribution in [0, 0.1) is 0 Å². The van der Waals surface area contributed by atoms with Crippen molar-refractivity contribution in [2.45, 2.75) is 31.8 Å². The van der Waals surface area contributed by atoms with Gasteiger partial charge in [0.1, 0.15) is 31.0 Å². The Labute approximate surface area is 230 Å². The number of anilines is 2. The van der Waals surface area contributed by atoms with E-state index in [9.17, 15) is 4.79 Å². The number of piperidine rings is 1. The first-order valence-corrected chi connectivity index (χ1v) is 13.6. The summed E-state index contributed by atoms with van der Waals surface area (Å²) >= 11 is 0. The fraction of sp³-hybridized carbons (Fsp3) is 0.226. The fourth-order valence-electron chi connectivity index (χ4n) is 6.16. The van der Waals surface area contributed by atoms with E-state index in [-0.39, 0.29) is 29.6 Å². The second-order valence-corrected chi connectivity index (χ2v) is 10.6. The Morgan fingerprint density at radius 3 is 2.70 bits per heavy atom. The van der Waals surface area contributed by atoms with Crippen molar-refractivity contribution in [2.24, 2.45) is 0 Å². The summed E-state index contributed by atoms with van der Waals surface area (Å²) < 4.78 is 12.1. The first-order valence-electron chi connectivity index (χ1n) is 13.6. The summed E-state index contributed by atoms with van der Waals surface area (Å²) in [5.41, 5.74) is 6.76. The predicted octanol–water partition coefficient (Wildman–Crippen LogP) is 5.62. The van der Waals surface area contributed by atoms with Crippen LogP contribution in [-0.2, 0) is 16.1 Å². The Morgan fingerprint density at radius 2 is 1.85 bits per heavy atom. The summed E-state index contributed by atoms with van der Waals surface area (Å²) in [6, 6.07) is 23.9. The van der Waals surface area contributed by atoms with Crippen LogP contribution in [0.3, 0.4) is 0 Å². The van der Waals surface area contributed by atoms with Gasteiger partial charge in [-0.3, -0.25) is 9.97 Å². The maximum atomic E-state index is 14.0. The molecule has 0 saturated carbocycles. The molecule has 9 nitrogen and oxygen atoms in total. The number of aromatic nitrogens is 3. The van der Waals surface area contributed by atoms with Crippen LogP contribution in [0.5, 0.6) is 0 Å². The lowest BCUT2D eigenvalue weighted by Gasteiger charge is -2.54. The molecule has 3 unspecified atom stereocenters. The average Bonchev–Trinajstić information content (AvgIpc) is 3.45. The summed E-state index contributed by atoms with van der Waals surface area (Å²) in [6.07, 6.45) is 4.85. The van der Waals surface area contributed by atoms with E-state index in [4.69, 9.17) is 14.5 Å². The van der Waals surface area contributed by atoms with Crippen LogP contribution in [0.25, 0.3) is 33.2 Å². The number of hydrogen-bond donors (Lipinski definition) is 1. The van der Waals surface area contributed by atoms with Crippen molar-refractivity contribution < 1.29 is 18.9 Å². The molecule has 5 aromatic rings. The molecule has 4 aliphatic rings. The van der Waals surface area contributed by atoms with Gasteiger partial charge in [-0.25, -0.2) is 4.98 Å². The number of para-hydroxylation sites is 1. The monoisotopic (exact) mass is 531 g/mol. The van der Waals surface area contributed by atoms with Crippen molar-refractivity contribution in [3.63, 3.8) is 0 Å². The molecule has 3 fully saturated rings. The van der Waals surface area contributed by atoms with E-state index >= 15 is 0 Å². The SMILES string of the molecule is O=C(OCc1ccccc1)[N+]1(N2CNc3cnc4ccc(-c5cnc6ccccc6c5)nc4c32)CCC2CC1O2. The average molecular weight is 532 g/mol. The van der Waals surface area contributed by atoms with Crippen molar-refractivity contribution >= 4 is 39.4 Å². The molecule has 2 aromatic carbocycles. The molecule has 0 spiro atoms. The van der Waals surface area contributed by atoms with Crippen molar-refractivity contribution in [2.75, 3.05) is 23.5 Å². The molecule has 0 radical (unpaired) electrons. The van der Waals surface area contributed by atoms with Gasteiger partial charge >= 0.3 is 6.09 Å². The third-order valence-electron chi connectivity index (χ3n) is 8.28. The standard InChI is InChI=1S/C31H27N6O3/c38-31(39-18-20-6-2-1-3-7-20)37(13-12-23-15-28(37)40-23)36-19-34-27-17-33-26-11-10-25(35-29(26)30(27)36)22-14-21-8-4-5-9-24(21)32-16-22/h1-11,14,16-17,23,28,34H,12-13,15,18-19H2/q+1. The number of nitrogens with zero attached hydrogens (tertiary/aromatic N) is 5. The van der Waals surface area contributed by atoms with Crippen LogP contribution in [0.15, 0.2) is 85.2 Å². The third kappa shape index (κ3) is 3.55. The zero-order valence-electron chi connectivity index (χ0n) is 21.7. The van der Waals surface area contributed by atoms with Crippen molar-refractivity contribution in [3.05, 3.63) is 90.8 Å². The van der Waals surface area contributed by atoms with Crippen LogP contribution in [0.2, 0.25) is 0 Å². The van der Waals surface area contributed by atoms with Gasteiger partial charge in [-0.15, -0.1) is 0 Å². The van der Waals surface area contributed by atoms with Gasteiger partial charge in [0.25, 0.3) is 0 Å². The predicted molar refractivity (Wildman–Crippen MR) is 151 cm³/mol. The normalized spacial score (nSPS) is 22.9. The van der Waals surface area contributed by atoms with E-state index in [1.807, 2.05) is 73.1 Å². The highest BCUT2D eigenvalue weighted by Crippen LogP contribution is 2.47. The fourth-order valence-corrected chi connectivity index (χ4v) is 6.16. The Bertz CT molecular complexity index is 1770. The lowest BCUT2D eigenvalue weighted by atomic mass is 9.99. The number of rotatable bonds is 4. The van der Waals surface area contributed by atoms with Gasteiger partial charge in [0.15, 0.2) is 0 Å². The summed E-state index contributed by atoms with van der Waals surface area (Å²) in [6.45, 7) is 1.23. The second kappa shape index (κ2) is 8.97. The molecule has 198 valence electrons. The minimum Gasteiger partial charge on any atom is -0.413 e. The van der Waals surface area contributed by atoms with Crippen LogP contribution in [-0.4, -0.2) is 51.2 Å². The van der Waals surface area contributed by atoms with Crippen molar-refractivity contribution in [3.8, 4) is 11.3 Å². The first-order chi connectivity index (χ1) is 19.7. The molecule has 7 heterocycles. The van der Waals surface area contributed by atoms with Gasteiger partial charge in [-0.05, 0) is 29.8 Å². The minimum absolute atomic E-state index is 0.0497. The molecule has 3 atom stereocenters. The third-order valence-corrected chi connectivity index (χ3v) is 8.28. The first kappa shape index (κ1) is 23.3. The van der Waals surface area contributed by atoms with E-state index in [0.717, 1.165) is 63.0 Å². The van der Waals surface area contributed by atoms with E-state index in [0.29, 0.717) is 13.2 Å². The van der Waals surface area contributed by atoms with E-state index in [2.05, 4.69) is 32.4 Å². The second-order valence-electron chi connectivity index (χ2n) is 10.6. The summed E-state index contributed by atoms with van der Waals surface area (Å²) in [5.74, 6) is 0. The Kier molecular flexibility index (Phi) is 5.23. The van der Waals surface area contributed by atoms with Gasteiger partial charge in [-0.2, -0.15) is 9.80 Å². The molecule has 4 aliphatic heterocycles. The maximum Gasteiger partial charge on any atom is 0.544 e. The zero-order valence-corrected chi connectivity index (χ0v) is 21.7. The number of ether oxygens (including phenoxy) is 2. The van der Waals surface area contributed by atoms with E-state index in [1.54, 1.807) is 0 Å². The zero-order chi connectivity index (χ0) is 26.7. The molecule has 1 N–H and O–H groups in total. The Balaban J connectivity index is 1.22. The van der Waals surface area contributed by atoms with Gasteiger partial charge in [0.2, 0.25) is 6.23 Å². The van der Waals surface area contributed by atoms with E-state index in [1.165, 1.54) is 0 Å².